The Morgan fingerprint density at radius 3 is 2.65 bits per heavy atom. The van der Waals surface area contributed by atoms with Gasteiger partial charge in [-0.3, -0.25) is 0 Å². The summed E-state index contributed by atoms with van der Waals surface area (Å²) in [7, 11) is -3.96. The molecule has 0 spiro atoms. The highest BCUT2D eigenvalue weighted by molar-refractivity contribution is 7.89. The average Bonchev–Trinajstić information content (AvgIpc) is 2.74. The molecule has 8 heteroatoms. The van der Waals surface area contributed by atoms with Crippen molar-refractivity contribution in [3.63, 3.8) is 0 Å². The number of benzene rings is 1. The number of sulfonamides is 1. The Morgan fingerprint density at radius 1 is 1.30 bits per heavy atom. The van der Waals surface area contributed by atoms with Gasteiger partial charge in [0.1, 0.15) is 10.7 Å². The lowest BCUT2D eigenvalue weighted by atomic mass is 10.3. The van der Waals surface area contributed by atoms with Gasteiger partial charge in [0, 0.05) is 11.4 Å². The van der Waals surface area contributed by atoms with Crippen molar-refractivity contribution in [1.82, 2.24) is 4.72 Å². The summed E-state index contributed by atoms with van der Waals surface area (Å²) < 4.78 is 40.6. The molecule has 0 atom stereocenters. The zero-order valence-electron chi connectivity index (χ0n) is 10.3. The molecule has 0 aliphatic carbocycles. The van der Waals surface area contributed by atoms with Gasteiger partial charge in [-0.15, -0.1) is 11.3 Å². The van der Waals surface area contributed by atoms with Gasteiger partial charge in [0.05, 0.1) is 10.0 Å². The Hall–Kier alpha value is -1.15. The topological polar surface area (TPSA) is 72.2 Å². The molecule has 2 rings (SSSR count). The molecular formula is C12H12ClFN2O2S2. The number of nitrogens with one attached hydrogen (secondary N) is 1. The molecular weight excluding hydrogens is 323 g/mol. The molecule has 0 radical (unpaired) electrons. The SMILES string of the molecule is Nc1cccc(F)c1S(=O)(=O)NCCc1ccc(Cl)s1. The first kappa shape index (κ1) is 15.2. The maximum atomic E-state index is 13.6. The number of anilines is 1. The highest BCUT2D eigenvalue weighted by Crippen LogP contribution is 2.23. The molecule has 108 valence electrons. The van der Waals surface area contributed by atoms with Gasteiger partial charge in [-0.05, 0) is 30.7 Å². The summed E-state index contributed by atoms with van der Waals surface area (Å²) in [5.41, 5.74) is 5.40. The van der Waals surface area contributed by atoms with Crippen molar-refractivity contribution in [3.8, 4) is 0 Å². The van der Waals surface area contributed by atoms with E-state index in [2.05, 4.69) is 4.72 Å². The summed E-state index contributed by atoms with van der Waals surface area (Å²) >= 11 is 7.15. The molecule has 0 aliphatic heterocycles. The van der Waals surface area contributed by atoms with Crippen molar-refractivity contribution in [2.75, 3.05) is 12.3 Å². The van der Waals surface area contributed by atoms with Crippen LogP contribution in [0.3, 0.4) is 0 Å². The molecule has 0 aliphatic rings. The van der Waals surface area contributed by atoms with Gasteiger partial charge in [-0.2, -0.15) is 0 Å². The minimum Gasteiger partial charge on any atom is -0.398 e. The van der Waals surface area contributed by atoms with Crippen molar-refractivity contribution in [1.29, 1.82) is 0 Å². The lowest BCUT2D eigenvalue weighted by Crippen LogP contribution is -2.27. The molecule has 1 aromatic carbocycles. The summed E-state index contributed by atoms with van der Waals surface area (Å²) in [5.74, 6) is -0.864. The third kappa shape index (κ3) is 3.49. The zero-order valence-corrected chi connectivity index (χ0v) is 12.7. The van der Waals surface area contributed by atoms with Crippen molar-refractivity contribution < 1.29 is 12.8 Å². The van der Waals surface area contributed by atoms with Gasteiger partial charge in [-0.25, -0.2) is 17.5 Å². The summed E-state index contributed by atoms with van der Waals surface area (Å²) in [4.78, 5) is 0.434. The average molecular weight is 335 g/mol. The molecule has 1 aromatic heterocycles. The van der Waals surface area contributed by atoms with Crippen LogP contribution in [0.25, 0.3) is 0 Å². The summed E-state index contributed by atoms with van der Waals surface area (Å²) in [5, 5.41) is 0. The normalized spacial score (nSPS) is 11.7. The molecule has 1 heterocycles. The van der Waals surface area contributed by atoms with E-state index in [9.17, 15) is 12.8 Å². The fourth-order valence-electron chi connectivity index (χ4n) is 1.68. The molecule has 0 fully saturated rings. The monoisotopic (exact) mass is 334 g/mol. The van der Waals surface area contributed by atoms with Crippen molar-refractivity contribution in [2.45, 2.75) is 11.3 Å². The van der Waals surface area contributed by atoms with Gasteiger partial charge in [0.2, 0.25) is 10.0 Å². The minimum atomic E-state index is -3.96. The number of nitrogens with two attached hydrogens (primary N) is 1. The van der Waals surface area contributed by atoms with E-state index >= 15 is 0 Å². The highest BCUT2D eigenvalue weighted by Gasteiger charge is 2.21. The molecule has 20 heavy (non-hydrogen) atoms. The second kappa shape index (κ2) is 6.09. The third-order valence-electron chi connectivity index (χ3n) is 2.56. The Kier molecular flexibility index (Phi) is 4.64. The van der Waals surface area contributed by atoms with Crippen LogP contribution < -0.4 is 10.5 Å². The summed E-state index contributed by atoms with van der Waals surface area (Å²) in [6, 6.07) is 7.32. The van der Waals surface area contributed by atoms with E-state index in [0.29, 0.717) is 10.8 Å². The van der Waals surface area contributed by atoms with Crippen molar-refractivity contribution >= 4 is 38.6 Å². The minimum absolute atomic E-state index is 0.114. The lowest BCUT2D eigenvalue weighted by Gasteiger charge is -2.09. The molecule has 0 bridgehead atoms. The maximum Gasteiger partial charge on any atom is 0.245 e. The second-order valence-electron chi connectivity index (χ2n) is 4.01. The summed E-state index contributed by atoms with van der Waals surface area (Å²) in [6.45, 7) is 0.146. The van der Waals surface area contributed by atoms with Gasteiger partial charge >= 0.3 is 0 Å². The number of rotatable bonds is 5. The smallest absolute Gasteiger partial charge is 0.245 e. The van der Waals surface area contributed by atoms with E-state index in [1.807, 2.05) is 6.07 Å². The second-order valence-corrected chi connectivity index (χ2v) is 7.52. The Morgan fingerprint density at radius 2 is 2.05 bits per heavy atom. The first-order chi connectivity index (χ1) is 9.40. The molecule has 2 aromatic rings. The predicted molar refractivity (Wildman–Crippen MR) is 79.0 cm³/mol. The van der Waals surface area contributed by atoms with Crippen LogP contribution in [0.15, 0.2) is 35.2 Å². The zero-order chi connectivity index (χ0) is 14.8. The van der Waals surface area contributed by atoms with E-state index in [4.69, 9.17) is 17.3 Å². The van der Waals surface area contributed by atoms with Crippen LogP contribution in [0.4, 0.5) is 10.1 Å². The van der Waals surface area contributed by atoms with Crippen LogP contribution in [0.5, 0.6) is 0 Å². The van der Waals surface area contributed by atoms with E-state index in [-0.39, 0.29) is 12.2 Å². The quantitative estimate of drug-likeness (QED) is 0.826. The molecule has 0 saturated carbocycles. The fraction of sp³-hybridized carbons (Fsp3) is 0.167. The van der Waals surface area contributed by atoms with Gasteiger partial charge in [0.15, 0.2) is 0 Å². The number of thiophene rings is 1. The summed E-state index contributed by atoms with van der Waals surface area (Å²) in [6.07, 6.45) is 0.477. The largest absolute Gasteiger partial charge is 0.398 e. The molecule has 0 amide bonds. The van der Waals surface area contributed by atoms with E-state index in [0.717, 1.165) is 10.9 Å². The van der Waals surface area contributed by atoms with Crippen LogP contribution in [-0.2, 0) is 16.4 Å². The predicted octanol–water partition coefficient (Wildman–Crippen LogP) is 2.64. The maximum absolute atomic E-state index is 13.6. The third-order valence-corrected chi connectivity index (χ3v) is 5.40. The molecule has 0 saturated heterocycles. The van der Waals surface area contributed by atoms with Crippen LogP contribution >= 0.6 is 22.9 Å². The lowest BCUT2D eigenvalue weighted by molar-refractivity contribution is 0.558. The first-order valence-corrected chi connectivity index (χ1v) is 8.36. The Bertz CT molecular complexity index is 696. The van der Waals surface area contributed by atoms with E-state index in [1.165, 1.54) is 23.5 Å². The van der Waals surface area contributed by atoms with Crippen LogP contribution in [0.2, 0.25) is 4.34 Å². The first-order valence-electron chi connectivity index (χ1n) is 5.68. The van der Waals surface area contributed by atoms with E-state index in [1.54, 1.807) is 6.07 Å². The number of nitrogen functional groups attached to an aromatic ring is 1. The highest BCUT2D eigenvalue weighted by atomic mass is 35.5. The number of hydrogen-bond donors (Lipinski definition) is 2. The number of hydrogen-bond acceptors (Lipinski definition) is 4. The van der Waals surface area contributed by atoms with Crippen LogP contribution in [0, 0.1) is 5.82 Å². The van der Waals surface area contributed by atoms with Crippen molar-refractivity contribution in [3.05, 3.63) is 45.4 Å². The van der Waals surface area contributed by atoms with Crippen LogP contribution in [0.1, 0.15) is 4.88 Å². The van der Waals surface area contributed by atoms with Gasteiger partial charge in [-0.1, -0.05) is 17.7 Å². The molecule has 3 N–H and O–H groups in total. The Labute approximate surface area is 125 Å². The van der Waals surface area contributed by atoms with Crippen LogP contribution in [-0.4, -0.2) is 15.0 Å². The standard InChI is InChI=1S/C12H12ClFN2O2S2/c13-11-5-4-8(19-11)6-7-16-20(17,18)12-9(14)2-1-3-10(12)15/h1-5,16H,6-7,15H2. The molecule has 4 nitrogen and oxygen atoms in total. The van der Waals surface area contributed by atoms with E-state index < -0.39 is 20.7 Å². The van der Waals surface area contributed by atoms with Crippen molar-refractivity contribution in [2.24, 2.45) is 0 Å². The Balaban J connectivity index is 2.08. The fourth-order valence-corrected chi connectivity index (χ4v) is 3.98. The molecule has 0 unspecified atom stereocenters. The number of halogens is 2. The van der Waals surface area contributed by atoms with Gasteiger partial charge in [0.25, 0.3) is 0 Å². The van der Waals surface area contributed by atoms with Gasteiger partial charge < -0.3 is 5.73 Å².